The van der Waals surface area contributed by atoms with E-state index < -0.39 is 5.92 Å². The Hall–Kier alpha value is -3.01. The molecule has 0 saturated carbocycles. The van der Waals surface area contributed by atoms with Gasteiger partial charge in [0.25, 0.3) is 0 Å². The van der Waals surface area contributed by atoms with Crippen LogP contribution < -0.4 is 10.6 Å². The van der Waals surface area contributed by atoms with E-state index >= 15 is 0 Å². The molecule has 2 aromatic rings. The number of thioether (sulfide) groups is 1. The molecule has 1 heterocycles. The van der Waals surface area contributed by atoms with Gasteiger partial charge in [-0.2, -0.15) is 5.26 Å². The summed E-state index contributed by atoms with van der Waals surface area (Å²) in [7, 11) is 0. The van der Waals surface area contributed by atoms with Gasteiger partial charge < -0.3 is 10.6 Å². The first-order valence-corrected chi connectivity index (χ1v) is 12.3. The fraction of sp³-hybridized carbons (Fsp3) is 0.269. The minimum Gasteiger partial charge on any atom is -0.352 e. The minimum absolute atomic E-state index is 0.0643. The lowest BCUT2D eigenvalue weighted by atomic mass is 9.77. The first kappa shape index (κ1) is 23.2. The molecule has 0 unspecified atom stereocenters. The summed E-state index contributed by atoms with van der Waals surface area (Å²) in [5, 5.41) is 17.6. The molecule has 0 aromatic heterocycles. The lowest BCUT2D eigenvalue weighted by Crippen LogP contribution is -2.31. The second kappa shape index (κ2) is 10.3. The van der Waals surface area contributed by atoms with E-state index in [0.717, 1.165) is 41.8 Å². The van der Waals surface area contributed by atoms with Crippen LogP contribution in [0.3, 0.4) is 0 Å². The molecule has 168 valence electrons. The molecular weight excluding hydrogens is 454 g/mol. The Bertz CT molecular complexity index is 1190. The van der Waals surface area contributed by atoms with Crippen molar-refractivity contribution in [2.45, 2.75) is 38.5 Å². The molecule has 0 radical (unpaired) electrons. The number of ketones is 1. The van der Waals surface area contributed by atoms with E-state index in [-0.39, 0.29) is 17.4 Å². The number of carbonyl (C=O) groups excluding carboxylic acids is 2. The highest BCUT2D eigenvalue weighted by molar-refractivity contribution is 8.03. The summed E-state index contributed by atoms with van der Waals surface area (Å²) in [6.07, 6.45) is 2.81. The average molecular weight is 478 g/mol. The average Bonchev–Trinajstić information content (AvgIpc) is 2.83. The molecule has 0 saturated heterocycles. The number of amides is 1. The number of anilines is 1. The smallest absolute Gasteiger partial charge is 0.234 e. The highest BCUT2D eigenvalue weighted by Gasteiger charge is 2.37. The van der Waals surface area contributed by atoms with Crippen LogP contribution in [-0.4, -0.2) is 17.4 Å². The first-order valence-electron chi connectivity index (χ1n) is 10.9. The summed E-state index contributed by atoms with van der Waals surface area (Å²) in [6, 6.07) is 17.3. The van der Waals surface area contributed by atoms with Crippen LogP contribution in [0.2, 0.25) is 5.02 Å². The second-order valence-corrected chi connectivity index (χ2v) is 9.40. The van der Waals surface area contributed by atoms with Crippen molar-refractivity contribution in [3.05, 3.63) is 86.6 Å². The van der Waals surface area contributed by atoms with Crippen molar-refractivity contribution in [3.8, 4) is 6.07 Å². The number of hydrogen-bond acceptors (Lipinski definition) is 5. The van der Waals surface area contributed by atoms with E-state index in [9.17, 15) is 14.9 Å². The zero-order chi connectivity index (χ0) is 23.4. The molecule has 1 aliphatic heterocycles. The third kappa shape index (κ3) is 5.00. The van der Waals surface area contributed by atoms with Gasteiger partial charge in [-0.25, -0.2) is 0 Å². The van der Waals surface area contributed by atoms with E-state index in [0.29, 0.717) is 27.6 Å². The van der Waals surface area contributed by atoms with Gasteiger partial charge in [0.1, 0.15) is 0 Å². The molecule has 0 spiro atoms. The van der Waals surface area contributed by atoms with Crippen molar-refractivity contribution in [1.82, 2.24) is 5.32 Å². The van der Waals surface area contributed by atoms with E-state index in [1.165, 1.54) is 11.8 Å². The maximum atomic E-state index is 12.9. The zero-order valence-corrected chi connectivity index (χ0v) is 19.9. The number of dihydropyridines is 1. The van der Waals surface area contributed by atoms with E-state index in [1.807, 2.05) is 43.3 Å². The first-order chi connectivity index (χ1) is 16.0. The van der Waals surface area contributed by atoms with Crippen LogP contribution in [0.25, 0.3) is 0 Å². The number of Topliss-reactive ketones (excluding diaryl/α,β-unsaturated/α-hetero) is 1. The summed E-state index contributed by atoms with van der Waals surface area (Å²) in [4.78, 5) is 25.5. The Morgan fingerprint density at radius 2 is 1.97 bits per heavy atom. The van der Waals surface area contributed by atoms with Crippen LogP contribution in [-0.2, 0) is 16.0 Å². The fourth-order valence-electron chi connectivity index (χ4n) is 4.30. The highest BCUT2D eigenvalue weighted by atomic mass is 35.5. The molecule has 1 atom stereocenters. The Kier molecular flexibility index (Phi) is 7.22. The second-order valence-electron chi connectivity index (χ2n) is 7.98. The van der Waals surface area contributed by atoms with Crippen molar-refractivity contribution in [2.75, 3.05) is 11.1 Å². The van der Waals surface area contributed by atoms with Gasteiger partial charge in [0.15, 0.2) is 5.78 Å². The van der Waals surface area contributed by atoms with E-state index in [1.54, 1.807) is 12.1 Å². The Morgan fingerprint density at radius 1 is 1.21 bits per heavy atom. The lowest BCUT2D eigenvalue weighted by Gasteiger charge is -2.33. The number of aryl methyl sites for hydroxylation is 1. The van der Waals surface area contributed by atoms with Crippen LogP contribution in [0.5, 0.6) is 0 Å². The maximum Gasteiger partial charge on any atom is 0.234 e. The van der Waals surface area contributed by atoms with Crippen molar-refractivity contribution in [2.24, 2.45) is 0 Å². The van der Waals surface area contributed by atoms with Crippen LogP contribution in [0.15, 0.2) is 70.4 Å². The molecule has 4 rings (SSSR count). The molecule has 7 heteroatoms. The summed E-state index contributed by atoms with van der Waals surface area (Å²) in [5.41, 5.74) is 4.69. The van der Waals surface area contributed by atoms with E-state index in [2.05, 4.69) is 16.7 Å². The molecule has 2 aliphatic rings. The predicted molar refractivity (Wildman–Crippen MR) is 133 cm³/mol. The minimum atomic E-state index is -0.456. The Labute approximate surface area is 202 Å². The molecule has 33 heavy (non-hydrogen) atoms. The standard InChI is InChI=1S/C26H24ClN3O2S/c1-2-16-6-3-4-7-20(16)29-23(32)15-33-26-19(14-28)24(17-10-12-18(27)13-11-17)25-21(30-26)8-5-9-22(25)31/h3-4,6-7,10-13,24,30H,2,5,8-9,15H2,1H3,(H,29,32)/t24-/m1/s1. The van der Waals surface area contributed by atoms with Crippen molar-refractivity contribution in [3.63, 3.8) is 0 Å². The van der Waals surface area contributed by atoms with Crippen LogP contribution in [0.1, 0.15) is 43.2 Å². The lowest BCUT2D eigenvalue weighted by molar-refractivity contribution is -0.116. The molecule has 1 amide bonds. The van der Waals surface area contributed by atoms with Gasteiger partial charge in [-0.15, -0.1) is 0 Å². The van der Waals surface area contributed by atoms with Crippen LogP contribution >= 0.6 is 23.4 Å². The number of rotatable bonds is 6. The monoisotopic (exact) mass is 477 g/mol. The molecule has 5 nitrogen and oxygen atoms in total. The van der Waals surface area contributed by atoms with Crippen molar-refractivity contribution < 1.29 is 9.59 Å². The number of nitrogens with zero attached hydrogens (tertiary/aromatic N) is 1. The maximum absolute atomic E-state index is 12.9. The number of nitriles is 1. The van der Waals surface area contributed by atoms with Gasteiger partial charge in [-0.05, 0) is 48.6 Å². The van der Waals surface area contributed by atoms with Crippen LogP contribution in [0.4, 0.5) is 5.69 Å². The predicted octanol–water partition coefficient (Wildman–Crippen LogP) is 5.70. The van der Waals surface area contributed by atoms with E-state index in [4.69, 9.17) is 11.6 Å². The van der Waals surface area contributed by atoms with Gasteiger partial charge in [-0.1, -0.05) is 60.6 Å². The Balaban J connectivity index is 1.61. The number of hydrogen-bond donors (Lipinski definition) is 2. The SMILES string of the molecule is CCc1ccccc1NC(=O)CSC1=C(C#N)[C@@H](c2ccc(Cl)cc2)C2=C(CCCC2=O)N1. The normalized spacial score (nSPS) is 17.8. The molecule has 2 aromatic carbocycles. The Morgan fingerprint density at radius 3 is 2.70 bits per heavy atom. The number of nitrogens with one attached hydrogen (secondary N) is 2. The van der Waals surface area contributed by atoms with Crippen molar-refractivity contribution >= 4 is 40.7 Å². The molecule has 0 fully saturated rings. The van der Waals surface area contributed by atoms with Crippen molar-refractivity contribution in [1.29, 1.82) is 5.26 Å². The third-order valence-electron chi connectivity index (χ3n) is 5.89. The van der Waals surface area contributed by atoms with Gasteiger partial charge in [0, 0.05) is 28.4 Å². The van der Waals surface area contributed by atoms with Gasteiger partial charge in [0.2, 0.25) is 5.91 Å². The number of allylic oxidation sites excluding steroid dienone is 3. The van der Waals surface area contributed by atoms with Gasteiger partial charge >= 0.3 is 0 Å². The van der Waals surface area contributed by atoms with Gasteiger partial charge in [-0.3, -0.25) is 9.59 Å². The highest BCUT2D eigenvalue weighted by Crippen LogP contribution is 2.44. The molecule has 1 aliphatic carbocycles. The van der Waals surface area contributed by atoms with Crippen LogP contribution in [0, 0.1) is 11.3 Å². The van der Waals surface area contributed by atoms with Gasteiger partial charge in [0.05, 0.1) is 28.3 Å². The number of benzene rings is 2. The third-order valence-corrected chi connectivity index (χ3v) is 7.16. The summed E-state index contributed by atoms with van der Waals surface area (Å²) in [5.74, 6) is -0.387. The molecular formula is C26H24ClN3O2S. The topological polar surface area (TPSA) is 82.0 Å². The zero-order valence-electron chi connectivity index (χ0n) is 18.3. The fourth-order valence-corrected chi connectivity index (χ4v) is 5.29. The summed E-state index contributed by atoms with van der Waals surface area (Å²) < 4.78 is 0. The summed E-state index contributed by atoms with van der Waals surface area (Å²) in [6.45, 7) is 2.05. The molecule has 0 bridgehead atoms. The number of carbonyl (C=O) groups is 2. The summed E-state index contributed by atoms with van der Waals surface area (Å²) >= 11 is 7.36. The largest absolute Gasteiger partial charge is 0.352 e. The number of para-hydroxylation sites is 1. The molecule has 2 N–H and O–H groups in total. The number of halogens is 1. The quantitative estimate of drug-likeness (QED) is 0.557.